The molecule has 3 aromatic heterocycles. The lowest BCUT2D eigenvalue weighted by Crippen LogP contribution is -2.34. The molecule has 1 amide bonds. The number of nitrogens with zero attached hydrogens (tertiary/aromatic N) is 5. The van der Waals surface area contributed by atoms with Crippen LogP contribution in [-0.2, 0) is 4.74 Å². The maximum atomic E-state index is 14.4. The Morgan fingerprint density at radius 1 is 1.07 bits per heavy atom. The van der Waals surface area contributed by atoms with Gasteiger partial charge in [-0.3, -0.25) is 14.2 Å². The molecule has 204 valence electrons. The maximum Gasteiger partial charge on any atom is 0.266 e. The van der Waals surface area contributed by atoms with Crippen molar-refractivity contribution in [3.05, 3.63) is 94.3 Å². The smallest absolute Gasteiger partial charge is 0.266 e. The van der Waals surface area contributed by atoms with Crippen molar-refractivity contribution in [2.45, 2.75) is 57.8 Å². The summed E-state index contributed by atoms with van der Waals surface area (Å²) in [5.41, 5.74) is 8.67. The minimum Gasteiger partial charge on any atom is -0.381 e. The van der Waals surface area contributed by atoms with Gasteiger partial charge in [0.25, 0.3) is 11.5 Å². The number of ether oxygens (including phenoxy) is 1. The summed E-state index contributed by atoms with van der Waals surface area (Å²) < 4.78 is 9.03. The lowest BCUT2D eigenvalue weighted by Gasteiger charge is -2.33. The van der Waals surface area contributed by atoms with Gasteiger partial charge in [-0.25, -0.2) is 14.5 Å². The van der Waals surface area contributed by atoms with Crippen molar-refractivity contribution >= 4 is 28.3 Å². The first-order chi connectivity index (χ1) is 19.3. The molecule has 2 aromatic carbocycles. The first-order valence-electron chi connectivity index (χ1n) is 13.5. The number of nitrogens with one attached hydrogen (secondary N) is 1. The van der Waals surface area contributed by atoms with E-state index < -0.39 is 11.9 Å². The zero-order valence-electron chi connectivity index (χ0n) is 22.6. The van der Waals surface area contributed by atoms with Crippen LogP contribution in [0.2, 0.25) is 0 Å². The predicted octanol–water partition coefficient (Wildman–Crippen LogP) is 4.17. The molecular formula is C30H31N7O3. The van der Waals surface area contributed by atoms with Gasteiger partial charge in [0, 0.05) is 12.4 Å². The van der Waals surface area contributed by atoms with E-state index >= 15 is 0 Å². The molecular weight excluding hydrogens is 506 g/mol. The van der Waals surface area contributed by atoms with Crippen LogP contribution in [-0.4, -0.2) is 42.3 Å². The first kappa shape index (κ1) is 25.7. The molecule has 5 aromatic rings. The van der Waals surface area contributed by atoms with Gasteiger partial charge >= 0.3 is 0 Å². The van der Waals surface area contributed by atoms with Gasteiger partial charge in [0.1, 0.15) is 11.4 Å². The Morgan fingerprint density at radius 3 is 2.58 bits per heavy atom. The average Bonchev–Trinajstić information content (AvgIpc) is 3.28. The van der Waals surface area contributed by atoms with Crippen LogP contribution in [0.25, 0.3) is 22.2 Å². The van der Waals surface area contributed by atoms with Gasteiger partial charge in [-0.05, 0) is 69.4 Å². The van der Waals surface area contributed by atoms with E-state index in [1.54, 1.807) is 30.0 Å². The first-order valence-corrected chi connectivity index (χ1v) is 13.5. The van der Waals surface area contributed by atoms with Crippen LogP contribution >= 0.6 is 0 Å². The third-order valence-electron chi connectivity index (χ3n) is 7.49. The molecule has 6 rings (SSSR count). The second kappa shape index (κ2) is 10.2. The van der Waals surface area contributed by atoms with Crippen LogP contribution in [0.15, 0.2) is 71.8 Å². The summed E-state index contributed by atoms with van der Waals surface area (Å²) in [6.45, 7) is 5.94. The number of nitrogen functional groups attached to an aromatic ring is 1. The molecule has 2 unspecified atom stereocenters. The number of fused-ring (bicyclic) bond motifs is 2. The third-order valence-corrected chi connectivity index (χ3v) is 7.49. The van der Waals surface area contributed by atoms with Gasteiger partial charge in [-0.2, -0.15) is 0 Å². The van der Waals surface area contributed by atoms with Crippen LogP contribution in [0.3, 0.4) is 0 Å². The van der Waals surface area contributed by atoms with Crippen molar-refractivity contribution in [1.82, 2.24) is 29.5 Å². The van der Waals surface area contributed by atoms with E-state index in [4.69, 9.17) is 15.5 Å². The van der Waals surface area contributed by atoms with Gasteiger partial charge in [0.05, 0.1) is 34.8 Å². The van der Waals surface area contributed by atoms with Crippen molar-refractivity contribution in [3.63, 3.8) is 0 Å². The van der Waals surface area contributed by atoms with Crippen molar-refractivity contribution in [1.29, 1.82) is 0 Å². The largest absolute Gasteiger partial charge is 0.381 e. The van der Waals surface area contributed by atoms with Crippen molar-refractivity contribution in [2.24, 2.45) is 0 Å². The number of para-hydroxylation sites is 1. The average molecular weight is 538 g/mol. The molecule has 1 fully saturated rings. The lowest BCUT2D eigenvalue weighted by molar-refractivity contribution is -0.0378. The van der Waals surface area contributed by atoms with Crippen molar-refractivity contribution in [2.75, 3.05) is 5.73 Å². The molecule has 1 saturated heterocycles. The minimum atomic E-state index is -0.644. The fourth-order valence-corrected chi connectivity index (χ4v) is 5.84. The second-order valence-corrected chi connectivity index (χ2v) is 10.5. The number of aromatic nitrogens is 5. The summed E-state index contributed by atoms with van der Waals surface area (Å²) in [5, 5.41) is 7.76. The van der Waals surface area contributed by atoms with E-state index in [-0.39, 0.29) is 35.1 Å². The number of rotatable bonds is 5. The molecule has 0 saturated carbocycles. The topological polar surface area (TPSA) is 129 Å². The predicted molar refractivity (Wildman–Crippen MR) is 153 cm³/mol. The highest BCUT2D eigenvalue weighted by molar-refractivity contribution is 6.04. The zero-order valence-corrected chi connectivity index (χ0v) is 22.6. The molecule has 1 aliphatic heterocycles. The number of nitrogens with two attached hydrogens (primary N) is 1. The van der Waals surface area contributed by atoms with Crippen LogP contribution in [0.1, 0.15) is 67.3 Å². The molecule has 0 aliphatic carbocycles. The number of hydrogen-bond acceptors (Lipinski definition) is 7. The summed E-state index contributed by atoms with van der Waals surface area (Å²) in [4.78, 5) is 37.0. The molecule has 1 aliphatic rings. The highest BCUT2D eigenvalue weighted by Crippen LogP contribution is 2.36. The Balaban J connectivity index is 1.47. The third kappa shape index (κ3) is 4.50. The number of amides is 1. The van der Waals surface area contributed by atoms with E-state index in [0.29, 0.717) is 28.1 Å². The highest BCUT2D eigenvalue weighted by atomic mass is 16.5. The van der Waals surface area contributed by atoms with Crippen molar-refractivity contribution in [3.8, 4) is 5.69 Å². The SMILES string of the molecule is CC1CC(c2cccc3nc([C@H](C)NC(=O)c4c(N)nn5cccnc45)n(-c4ccccc4)c(=O)c23)CC(C)O1. The Bertz CT molecular complexity index is 1770. The molecule has 0 radical (unpaired) electrons. The van der Waals surface area contributed by atoms with E-state index in [9.17, 15) is 9.59 Å². The quantitative estimate of drug-likeness (QED) is 0.344. The number of hydrogen-bond donors (Lipinski definition) is 2. The molecule has 0 spiro atoms. The van der Waals surface area contributed by atoms with Gasteiger partial charge < -0.3 is 15.8 Å². The van der Waals surface area contributed by atoms with Gasteiger partial charge in [0.2, 0.25) is 0 Å². The molecule has 4 heterocycles. The zero-order chi connectivity index (χ0) is 28.0. The fraction of sp³-hybridized carbons (Fsp3) is 0.300. The summed E-state index contributed by atoms with van der Waals surface area (Å²) in [7, 11) is 0. The summed E-state index contributed by atoms with van der Waals surface area (Å²) in [6, 6.07) is 16.3. The van der Waals surface area contributed by atoms with E-state index in [1.165, 1.54) is 4.52 Å². The molecule has 0 bridgehead atoms. The number of carbonyl (C=O) groups excluding carboxylic acids is 1. The number of anilines is 1. The summed E-state index contributed by atoms with van der Waals surface area (Å²) in [6.07, 6.45) is 5.12. The van der Waals surface area contributed by atoms with Crippen molar-refractivity contribution < 1.29 is 9.53 Å². The highest BCUT2D eigenvalue weighted by Gasteiger charge is 2.29. The summed E-state index contributed by atoms with van der Waals surface area (Å²) in [5.74, 6) is 0.202. The number of benzene rings is 2. The Kier molecular flexibility index (Phi) is 6.55. The molecule has 10 nitrogen and oxygen atoms in total. The van der Waals surface area contributed by atoms with Gasteiger partial charge in [0.15, 0.2) is 11.5 Å². The maximum absolute atomic E-state index is 14.4. The normalized spacial score (nSPS) is 20.0. The Hall–Kier alpha value is -4.57. The molecule has 3 N–H and O–H groups in total. The lowest BCUT2D eigenvalue weighted by atomic mass is 9.84. The number of carbonyl (C=O) groups is 1. The second-order valence-electron chi connectivity index (χ2n) is 10.5. The monoisotopic (exact) mass is 537 g/mol. The van der Waals surface area contributed by atoms with Gasteiger partial charge in [-0.1, -0.05) is 30.3 Å². The Labute approximate surface area is 230 Å². The fourth-order valence-electron chi connectivity index (χ4n) is 5.84. The van der Waals surface area contributed by atoms with E-state index in [0.717, 1.165) is 18.4 Å². The Morgan fingerprint density at radius 2 is 1.82 bits per heavy atom. The molecule has 40 heavy (non-hydrogen) atoms. The molecule has 3 atom stereocenters. The van der Waals surface area contributed by atoms with Crippen LogP contribution in [0.5, 0.6) is 0 Å². The van der Waals surface area contributed by atoms with Crippen LogP contribution < -0.4 is 16.6 Å². The summed E-state index contributed by atoms with van der Waals surface area (Å²) >= 11 is 0. The van der Waals surface area contributed by atoms with Crippen LogP contribution in [0.4, 0.5) is 5.82 Å². The van der Waals surface area contributed by atoms with Gasteiger partial charge in [-0.15, -0.1) is 5.10 Å². The minimum absolute atomic E-state index is 0.0693. The van der Waals surface area contributed by atoms with E-state index in [1.807, 2.05) is 48.5 Å². The van der Waals surface area contributed by atoms with E-state index in [2.05, 4.69) is 29.2 Å². The standard InChI is InChI=1S/C30H31N7O3/c1-17-15-20(16-18(2)40-17)22-11-7-12-23-24(22)30(39)37(21-9-5-4-6-10-21)27(34-23)19(3)33-29(38)25-26(31)35-36-14-8-13-32-28(25)36/h4-14,17-20H,15-16H2,1-3H3,(H2,31,35)(H,33,38)/t17?,18?,19-,20?/m0/s1. The molecule has 10 heteroatoms. The van der Waals surface area contributed by atoms with Crippen LogP contribution in [0, 0.1) is 0 Å².